The minimum atomic E-state index is -0.415. The summed E-state index contributed by atoms with van der Waals surface area (Å²) in [5, 5.41) is 3.36. The highest BCUT2D eigenvalue weighted by molar-refractivity contribution is 9.10. The minimum Gasteiger partial charge on any atom is -0.489 e. The molecule has 0 aliphatic carbocycles. The van der Waals surface area contributed by atoms with Crippen LogP contribution in [0.5, 0.6) is 5.75 Å². The minimum absolute atomic E-state index is 0.0173. The zero-order chi connectivity index (χ0) is 15.6. The van der Waals surface area contributed by atoms with E-state index in [1.54, 1.807) is 12.1 Å². The SMILES string of the molecule is CC(C)Oc1cccc(Nc2c(Cl)cc(F)cc2Br)c1N. The van der Waals surface area contributed by atoms with Crippen molar-refractivity contribution in [3.05, 3.63) is 45.6 Å². The van der Waals surface area contributed by atoms with Crippen LogP contribution in [-0.4, -0.2) is 6.10 Å². The van der Waals surface area contributed by atoms with Crippen molar-refractivity contribution in [2.24, 2.45) is 0 Å². The highest BCUT2D eigenvalue weighted by Crippen LogP contribution is 2.38. The molecule has 3 N–H and O–H groups in total. The van der Waals surface area contributed by atoms with Crippen LogP contribution >= 0.6 is 27.5 Å². The van der Waals surface area contributed by atoms with Gasteiger partial charge in [-0.1, -0.05) is 17.7 Å². The maximum absolute atomic E-state index is 13.2. The number of rotatable bonds is 4. The Morgan fingerprint density at radius 3 is 2.67 bits per heavy atom. The van der Waals surface area contributed by atoms with Crippen molar-refractivity contribution in [1.29, 1.82) is 0 Å². The zero-order valence-electron chi connectivity index (χ0n) is 11.6. The standard InChI is InChI=1S/C15H15BrClFN2O/c1-8(2)21-13-5-3-4-12(14(13)19)20-15-10(16)6-9(18)7-11(15)17/h3-8,20H,19H2,1-2H3. The molecule has 6 heteroatoms. The fourth-order valence-corrected chi connectivity index (χ4v) is 2.70. The highest BCUT2D eigenvalue weighted by Gasteiger charge is 2.12. The van der Waals surface area contributed by atoms with E-state index in [0.717, 1.165) is 0 Å². The van der Waals surface area contributed by atoms with Gasteiger partial charge in [-0.05, 0) is 54.0 Å². The summed E-state index contributed by atoms with van der Waals surface area (Å²) in [5.41, 5.74) is 7.75. The Balaban J connectivity index is 2.36. The van der Waals surface area contributed by atoms with Crippen molar-refractivity contribution < 1.29 is 9.13 Å². The zero-order valence-corrected chi connectivity index (χ0v) is 13.9. The molecule has 0 amide bonds. The van der Waals surface area contributed by atoms with Gasteiger partial charge < -0.3 is 15.8 Å². The first kappa shape index (κ1) is 15.9. The summed E-state index contributed by atoms with van der Waals surface area (Å²) in [4.78, 5) is 0. The summed E-state index contributed by atoms with van der Waals surface area (Å²) < 4.78 is 19.4. The molecule has 0 saturated carbocycles. The predicted octanol–water partition coefficient (Wildman–Crippen LogP) is 5.35. The second-order valence-electron chi connectivity index (χ2n) is 4.75. The van der Waals surface area contributed by atoms with Gasteiger partial charge in [-0.2, -0.15) is 0 Å². The monoisotopic (exact) mass is 372 g/mol. The van der Waals surface area contributed by atoms with E-state index in [2.05, 4.69) is 21.2 Å². The van der Waals surface area contributed by atoms with E-state index in [-0.39, 0.29) is 11.1 Å². The summed E-state index contributed by atoms with van der Waals surface area (Å²) in [7, 11) is 0. The average molecular weight is 374 g/mol. The van der Waals surface area contributed by atoms with E-state index in [0.29, 0.717) is 27.3 Å². The van der Waals surface area contributed by atoms with Gasteiger partial charge in [-0.15, -0.1) is 0 Å². The Morgan fingerprint density at radius 1 is 1.33 bits per heavy atom. The second kappa shape index (κ2) is 6.54. The second-order valence-corrected chi connectivity index (χ2v) is 6.01. The van der Waals surface area contributed by atoms with Crippen molar-refractivity contribution in [3.8, 4) is 5.75 Å². The number of ether oxygens (including phenoxy) is 1. The highest BCUT2D eigenvalue weighted by atomic mass is 79.9. The van der Waals surface area contributed by atoms with E-state index >= 15 is 0 Å². The Morgan fingerprint density at radius 2 is 2.05 bits per heavy atom. The molecule has 2 aromatic carbocycles. The van der Waals surface area contributed by atoms with Crippen LogP contribution in [0.1, 0.15) is 13.8 Å². The van der Waals surface area contributed by atoms with Crippen LogP contribution in [0.2, 0.25) is 5.02 Å². The van der Waals surface area contributed by atoms with Crippen LogP contribution in [0.15, 0.2) is 34.8 Å². The lowest BCUT2D eigenvalue weighted by Crippen LogP contribution is -2.08. The summed E-state index contributed by atoms with van der Waals surface area (Å²) >= 11 is 9.34. The van der Waals surface area contributed by atoms with E-state index in [1.165, 1.54) is 12.1 Å². The third-order valence-electron chi connectivity index (χ3n) is 2.70. The molecule has 0 atom stereocenters. The number of nitrogens with one attached hydrogen (secondary N) is 1. The summed E-state index contributed by atoms with van der Waals surface area (Å²) in [5.74, 6) is 0.173. The molecule has 0 unspecified atom stereocenters. The third kappa shape index (κ3) is 3.80. The van der Waals surface area contributed by atoms with Crippen LogP contribution in [0.3, 0.4) is 0 Å². The number of nitrogens with two attached hydrogens (primary N) is 1. The van der Waals surface area contributed by atoms with Crippen molar-refractivity contribution in [1.82, 2.24) is 0 Å². The van der Waals surface area contributed by atoms with Gasteiger partial charge in [0.25, 0.3) is 0 Å². The van der Waals surface area contributed by atoms with Gasteiger partial charge in [0.1, 0.15) is 11.6 Å². The van der Waals surface area contributed by atoms with Crippen molar-refractivity contribution in [2.75, 3.05) is 11.1 Å². The number of halogens is 3. The summed E-state index contributed by atoms with van der Waals surface area (Å²) in [6.45, 7) is 3.85. The van der Waals surface area contributed by atoms with Gasteiger partial charge in [-0.3, -0.25) is 0 Å². The number of para-hydroxylation sites is 1. The molecule has 0 radical (unpaired) electrons. The molecule has 0 spiro atoms. The maximum Gasteiger partial charge on any atom is 0.144 e. The number of nitrogen functional groups attached to an aromatic ring is 1. The Labute approximate surface area is 136 Å². The third-order valence-corrected chi connectivity index (χ3v) is 3.62. The molecular weight excluding hydrogens is 359 g/mol. The lowest BCUT2D eigenvalue weighted by atomic mass is 10.2. The summed E-state index contributed by atoms with van der Waals surface area (Å²) in [6.07, 6.45) is 0.0173. The average Bonchev–Trinajstić information content (AvgIpc) is 2.37. The first-order chi connectivity index (χ1) is 9.88. The molecule has 3 nitrogen and oxygen atoms in total. The van der Waals surface area contributed by atoms with Gasteiger partial charge >= 0.3 is 0 Å². The fraction of sp³-hybridized carbons (Fsp3) is 0.200. The van der Waals surface area contributed by atoms with E-state index in [9.17, 15) is 4.39 Å². The molecule has 2 aromatic rings. The largest absolute Gasteiger partial charge is 0.489 e. The van der Waals surface area contributed by atoms with Crippen LogP contribution in [0, 0.1) is 5.82 Å². The van der Waals surface area contributed by atoms with Crippen LogP contribution < -0.4 is 15.8 Å². The molecule has 0 aliphatic heterocycles. The Kier molecular flexibility index (Phi) is 4.96. The topological polar surface area (TPSA) is 47.3 Å². The quantitative estimate of drug-likeness (QED) is 0.710. The maximum atomic E-state index is 13.2. The van der Waals surface area contributed by atoms with Gasteiger partial charge in [0, 0.05) is 4.47 Å². The van der Waals surface area contributed by atoms with E-state index in [1.807, 2.05) is 19.9 Å². The fourth-order valence-electron chi connectivity index (χ4n) is 1.81. The summed E-state index contributed by atoms with van der Waals surface area (Å²) in [6, 6.07) is 7.98. The lowest BCUT2D eigenvalue weighted by Gasteiger charge is -2.17. The molecule has 0 heterocycles. The molecule has 0 bridgehead atoms. The number of benzene rings is 2. The van der Waals surface area contributed by atoms with Gasteiger partial charge in [0.05, 0.1) is 28.2 Å². The van der Waals surface area contributed by atoms with Crippen molar-refractivity contribution in [3.63, 3.8) is 0 Å². The smallest absolute Gasteiger partial charge is 0.144 e. The lowest BCUT2D eigenvalue weighted by molar-refractivity contribution is 0.244. The predicted molar refractivity (Wildman–Crippen MR) is 89.0 cm³/mol. The molecule has 2 rings (SSSR count). The molecular formula is C15H15BrClFN2O. The first-order valence-corrected chi connectivity index (χ1v) is 7.52. The Hall–Kier alpha value is -1.46. The molecule has 112 valence electrons. The van der Waals surface area contributed by atoms with Gasteiger partial charge in [0.15, 0.2) is 0 Å². The van der Waals surface area contributed by atoms with Crippen LogP contribution in [0.4, 0.5) is 21.5 Å². The van der Waals surface area contributed by atoms with Crippen molar-refractivity contribution >= 4 is 44.6 Å². The van der Waals surface area contributed by atoms with E-state index < -0.39 is 5.82 Å². The number of hydrogen-bond donors (Lipinski definition) is 2. The van der Waals surface area contributed by atoms with E-state index in [4.69, 9.17) is 22.1 Å². The van der Waals surface area contributed by atoms with Crippen molar-refractivity contribution in [2.45, 2.75) is 20.0 Å². The first-order valence-electron chi connectivity index (χ1n) is 6.35. The molecule has 0 aromatic heterocycles. The molecule has 0 fully saturated rings. The Bertz CT molecular complexity index is 641. The van der Waals surface area contributed by atoms with Gasteiger partial charge in [-0.25, -0.2) is 4.39 Å². The van der Waals surface area contributed by atoms with Gasteiger partial charge in [0.2, 0.25) is 0 Å². The number of anilines is 3. The van der Waals surface area contributed by atoms with Crippen LogP contribution in [-0.2, 0) is 0 Å². The molecule has 0 saturated heterocycles. The van der Waals surface area contributed by atoms with Crippen LogP contribution in [0.25, 0.3) is 0 Å². The number of hydrogen-bond acceptors (Lipinski definition) is 3. The normalized spacial score (nSPS) is 10.8. The molecule has 21 heavy (non-hydrogen) atoms. The molecule has 0 aliphatic rings.